The zero-order valence-corrected chi connectivity index (χ0v) is 14.0. The van der Waals surface area contributed by atoms with E-state index in [0.29, 0.717) is 29.8 Å². The Morgan fingerprint density at radius 3 is 2.56 bits per heavy atom. The zero-order chi connectivity index (χ0) is 13.7. The lowest BCUT2D eigenvalue weighted by atomic mass is 9.99. The quantitative estimate of drug-likeness (QED) is 0.530. The van der Waals surface area contributed by atoms with E-state index in [9.17, 15) is 4.79 Å². The van der Waals surface area contributed by atoms with Gasteiger partial charge < -0.3 is 4.74 Å². The molecule has 1 aromatic rings. The highest BCUT2D eigenvalue weighted by Gasteiger charge is 2.15. The second kappa shape index (κ2) is 7.29. The van der Waals surface area contributed by atoms with Gasteiger partial charge in [0.05, 0.1) is 12.2 Å². The monoisotopic (exact) mass is 376 g/mol. The van der Waals surface area contributed by atoms with Gasteiger partial charge in [-0.05, 0) is 31.0 Å². The van der Waals surface area contributed by atoms with Crippen LogP contribution in [0, 0.1) is 11.8 Å². The summed E-state index contributed by atoms with van der Waals surface area (Å²) in [6.45, 7) is 6.51. The van der Waals surface area contributed by atoms with Gasteiger partial charge >= 0.3 is 0 Å². The molecule has 4 heteroatoms. The van der Waals surface area contributed by atoms with Crippen LogP contribution in [-0.4, -0.2) is 17.7 Å². The average Bonchev–Trinajstić information content (AvgIpc) is 2.30. The number of carbonyl (C=O) groups is 1. The van der Waals surface area contributed by atoms with E-state index in [1.165, 1.54) is 0 Å². The van der Waals surface area contributed by atoms with Gasteiger partial charge in [-0.25, -0.2) is 0 Å². The maximum atomic E-state index is 11.6. The van der Waals surface area contributed by atoms with Crippen LogP contribution in [0.4, 0.5) is 0 Å². The van der Waals surface area contributed by atoms with Gasteiger partial charge in [0, 0.05) is 15.7 Å². The van der Waals surface area contributed by atoms with E-state index in [0.717, 1.165) is 9.80 Å². The molecule has 0 aliphatic rings. The standard InChI is InChI=1S/C14H18Br2O2/c1-9(2)11(7-15)8-18-14-5-4-12(16)6-13(14)10(3)17/h4-6,9,11H,7-8H2,1-3H3. The molecule has 0 aromatic heterocycles. The lowest BCUT2D eigenvalue weighted by Crippen LogP contribution is -2.19. The van der Waals surface area contributed by atoms with Crippen molar-refractivity contribution >= 4 is 37.6 Å². The molecule has 1 atom stereocenters. The minimum Gasteiger partial charge on any atom is -0.493 e. The molecule has 100 valence electrons. The fourth-order valence-electron chi connectivity index (χ4n) is 1.52. The molecule has 0 N–H and O–H groups in total. The minimum atomic E-state index is 0.0197. The average molecular weight is 378 g/mol. The molecule has 1 rings (SSSR count). The predicted molar refractivity (Wildman–Crippen MR) is 81.8 cm³/mol. The predicted octanol–water partition coefficient (Wildman–Crippen LogP) is 4.70. The van der Waals surface area contributed by atoms with Crippen molar-refractivity contribution in [3.05, 3.63) is 28.2 Å². The van der Waals surface area contributed by atoms with E-state index >= 15 is 0 Å². The Kier molecular flexibility index (Phi) is 6.36. The fourth-order valence-corrected chi connectivity index (χ4v) is 2.81. The second-order valence-electron chi connectivity index (χ2n) is 4.67. The van der Waals surface area contributed by atoms with Gasteiger partial charge in [0.2, 0.25) is 0 Å². The molecule has 0 aliphatic carbocycles. The number of carbonyl (C=O) groups excluding carboxylic acids is 1. The van der Waals surface area contributed by atoms with E-state index in [1.807, 2.05) is 12.1 Å². The van der Waals surface area contributed by atoms with Crippen LogP contribution in [0.5, 0.6) is 5.75 Å². The highest BCUT2D eigenvalue weighted by molar-refractivity contribution is 9.10. The number of alkyl halides is 1. The van der Waals surface area contributed by atoms with Crippen molar-refractivity contribution in [2.45, 2.75) is 20.8 Å². The minimum absolute atomic E-state index is 0.0197. The van der Waals surface area contributed by atoms with Crippen LogP contribution in [0.25, 0.3) is 0 Å². The molecule has 2 nitrogen and oxygen atoms in total. The van der Waals surface area contributed by atoms with Gasteiger partial charge in [0.1, 0.15) is 5.75 Å². The summed E-state index contributed by atoms with van der Waals surface area (Å²) in [4.78, 5) is 11.6. The molecule has 0 heterocycles. The number of rotatable bonds is 6. The van der Waals surface area contributed by atoms with Crippen molar-refractivity contribution in [2.75, 3.05) is 11.9 Å². The molecule has 0 radical (unpaired) electrons. The Morgan fingerprint density at radius 1 is 1.39 bits per heavy atom. The van der Waals surface area contributed by atoms with Crippen molar-refractivity contribution in [2.24, 2.45) is 11.8 Å². The Morgan fingerprint density at radius 2 is 2.06 bits per heavy atom. The fraction of sp³-hybridized carbons (Fsp3) is 0.500. The Hall–Kier alpha value is -0.350. The molecule has 0 amide bonds. The normalized spacial score (nSPS) is 12.6. The first-order valence-corrected chi connectivity index (χ1v) is 7.86. The summed E-state index contributed by atoms with van der Waals surface area (Å²) in [5.41, 5.74) is 0.626. The van der Waals surface area contributed by atoms with Crippen LogP contribution < -0.4 is 4.74 Å². The number of hydrogen-bond donors (Lipinski definition) is 0. The molecule has 0 saturated carbocycles. The third-order valence-corrected chi connectivity index (χ3v) is 4.24. The first-order chi connectivity index (χ1) is 8.45. The molecule has 18 heavy (non-hydrogen) atoms. The van der Waals surface area contributed by atoms with Crippen LogP contribution in [0.2, 0.25) is 0 Å². The van der Waals surface area contributed by atoms with Crippen molar-refractivity contribution in [3.63, 3.8) is 0 Å². The summed E-state index contributed by atoms with van der Waals surface area (Å²) in [6, 6.07) is 5.53. The third kappa shape index (κ3) is 4.39. The van der Waals surface area contributed by atoms with Crippen molar-refractivity contribution in [3.8, 4) is 5.75 Å². The van der Waals surface area contributed by atoms with Crippen LogP contribution in [-0.2, 0) is 0 Å². The number of hydrogen-bond acceptors (Lipinski definition) is 2. The number of halogens is 2. The van der Waals surface area contributed by atoms with Crippen LogP contribution in [0.15, 0.2) is 22.7 Å². The van der Waals surface area contributed by atoms with Crippen molar-refractivity contribution in [1.82, 2.24) is 0 Å². The van der Waals surface area contributed by atoms with Gasteiger partial charge in [-0.1, -0.05) is 45.7 Å². The van der Waals surface area contributed by atoms with Gasteiger partial charge in [-0.3, -0.25) is 4.79 Å². The molecule has 0 aliphatic heterocycles. The third-order valence-electron chi connectivity index (χ3n) is 2.91. The highest BCUT2D eigenvalue weighted by atomic mass is 79.9. The van der Waals surface area contributed by atoms with Gasteiger partial charge in [0.25, 0.3) is 0 Å². The second-order valence-corrected chi connectivity index (χ2v) is 6.23. The maximum Gasteiger partial charge on any atom is 0.163 e. The van der Waals surface area contributed by atoms with E-state index in [2.05, 4.69) is 45.7 Å². The molecule has 0 spiro atoms. The number of benzene rings is 1. The van der Waals surface area contributed by atoms with Gasteiger partial charge in [-0.2, -0.15) is 0 Å². The Balaban J connectivity index is 2.81. The van der Waals surface area contributed by atoms with Crippen molar-refractivity contribution in [1.29, 1.82) is 0 Å². The van der Waals surface area contributed by atoms with Gasteiger partial charge in [-0.15, -0.1) is 0 Å². The topological polar surface area (TPSA) is 26.3 Å². The summed E-state index contributed by atoms with van der Waals surface area (Å²) < 4.78 is 6.69. The van der Waals surface area contributed by atoms with E-state index in [1.54, 1.807) is 13.0 Å². The SMILES string of the molecule is CC(=O)c1cc(Br)ccc1OCC(CBr)C(C)C. The first-order valence-electron chi connectivity index (χ1n) is 5.95. The van der Waals surface area contributed by atoms with Crippen LogP contribution >= 0.6 is 31.9 Å². The molecule has 0 fully saturated rings. The maximum absolute atomic E-state index is 11.6. The lowest BCUT2D eigenvalue weighted by molar-refractivity contribution is 0.101. The highest BCUT2D eigenvalue weighted by Crippen LogP contribution is 2.25. The summed E-state index contributed by atoms with van der Waals surface area (Å²) in [5, 5.41) is 0.899. The van der Waals surface area contributed by atoms with Gasteiger partial charge in [0.15, 0.2) is 5.78 Å². The van der Waals surface area contributed by atoms with E-state index in [4.69, 9.17) is 4.74 Å². The van der Waals surface area contributed by atoms with E-state index in [-0.39, 0.29) is 5.78 Å². The lowest BCUT2D eigenvalue weighted by Gasteiger charge is -2.19. The number of Topliss-reactive ketones (excluding diaryl/α,β-unsaturated/α-hetero) is 1. The first kappa shape index (κ1) is 15.7. The Labute approximate surface area is 125 Å². The van der Waals surface area contributed by atoms with E-state index < -0.39 is 0 Å². The molecular formula is C14H18Br2O2. The van der Waals surface area contributed by atoms with Crippen LogP contribution in [0.3, 0.4) is 0 Å². The van der Waals surface area contributed by atoms with Crippen LogP contribution in [0.1, 0.15) is 31.1 Å². The largest absolute Gasteiger partial charge is 0.493 e. The number of ketones is 1. The number of ether oxygens (including phenoxy) is 1. The molecular weight excluding hydrogens is 360 g/mol. The molecule has 0 bridgehead atoms. The zero-order valence-electron chi connectivity index (χ0n) is 10.9. The molecule has 0 saturated heterocycles. The summed E-state index contributed by atoms with van der Waals surface area (Å²) in [6.07, 6.45) is 0. The molecule has 1 aromatic carbocycles. The molecule has 1 unspecified atom stereocenters. The Bertz CT molecular complexity index is 416. The summed E-state index contributed by atoms with van der Waals surface area (Å²) >= 11 is 6.86. The summed E-state index contributed by atoms with van der Waals surface area (Å²) in [7, 11) is 0. The summed E-state index contributed by atoms with van der Waals surface area (Å²) in [5.74, 6) is 1.66. The smallest absolute Gasteiger partial charge is 0.163 e. The van der Waals surface area contributed by atoms with Crippen molar-refractivity contribution < 1.29 is 9.53 Å².